The molecule has 0 spiro atoms. The summed E-state index contributed by atoms with van der Waals surface area (Å²) < 4.78 is 27.7. The third kappa shape index (κ3) is 5.33. The quantitative estimate of drug-likeness (QED) is 0.252. The molecule has 0 aromatic carbocycles. The zero-order valence-corrected chi connectivity index (χ0v) is 14.6. The Bertz CT molecular complexity index is 514. The van der Waals surface area contributed by atoms with Crippen LogP contribution in [-0.4, -0.2) is 79.1 Å². The Labute approximate surface area is 137 Å². The van der Waals surface area contributed by atoms with Crippen molar-refractivity contribution in [1.29, 1.82) is 0 Å². The van der Waals surface area contributed by atoms with Crippen molar-refractivity contribution in [3.8, 4) is 0 Å². The van der Waals surface area contributed by atoms with Gasteiger partial charge in [-0.25, -0.2) is 5.01 Å². The third-order valence-electron chi connectivity index (χ3n) is 3.72. The van der Waals surface area contributed by atoms with Crippen LogP contribution in [0, 0.1) is 10.8 Å². The molecule has 0 saturated carbocycles. The van der Waals surface area contributed by atoms with Gasteiger partial charge in [-0.3, -0.25) is 0 Å². The molecular weight excluding hydrogens is 323 g/mol. The second-order valence-electron chi connectivity index (χ2n) is 5.63. The molecule has 1 rings (SSSR count). The van der Waals surface area contributed by atoms with Crippen molar-refractivity contribution in [2.75, 3.05) is 33.7 Å². The monoisotopic (exact) mass is 348 g/mol. The van der Waals surface area contributed by atoms with Gasteiger partial charge in [-0.2, -0.15) is 17.6 Å². The third-order valence-corrected chi connectivity index (χ3v) is 5.79. The highest BCUT2D eigenvalue weighted by molar-refractivity contribution is 7.86. The van der Waals surface area contributed by atoms with Crippen LogP contribution in [0.15, 0.2) is 17.3 Å². The summed E-state index contributed by atoms with van der Waals surface area (Å²) in [5.41, 5.74) is 0. The van der Waals surface area contributed by atoms with Crippen molar-refractivity contribution >= 4 is 17.3 Å². The van der Waals surface area contributed by atoms with Crippen molar-refractivity contribution in [3.63, 3.8) is 0 Å². The van der Waals surface area contributed by atoms with Gasteiger partial charge in [-0.1, -0.05) is 17.3 Å². The highest BCUT2D eigenvalue weighted by Gasteiger charge is 2.41. The highest BCUT2D eigenvalue weighted by atomic mass is 32.2. The van der Waals surface area contributed by atoms with E-state index >= 15 is 0 Å². The summed E-state index contributed by atoms with van der Waals surface area (Å²) in [6, 6.07) is -0.638. The number of hydrazine groups is 1. The molecule has 23 heavy (non-hydrogen) atoms. The molecule has 1 heterocycles. The van der Waals surface area contributed by atoms with Crippen LogP contribution < -0.4 is 0 Å². The van der Waals surface area contributed by atoms with Crippen molar-refractivity contribution < 1.29 is 18.5 Å². The highest BCUT2D eigenvalue weighted by Crippen LogP contribution is 2.25. The molecule has 0 aromatic rings. The van der Waals surface area contributed by atoms with Crippen LogP contribution in [0.5, 0.6) is 0 Å². The second kappa shape index (κ2) is 8.85. The number of nitrogens with zero attached hydrogens (tertiary/aromatic N) is 4. The molecule has 0 aliphatic carbocycles. The maximum Gasteiger partial charge on any atom is 0.451 e. The molecule has 1 aliphatic rings. The minimum absolute atomic E-state index is 0.0494. The zero-order valence-electron chi connectivity index (χ0n) is 13.7. The van der Waals surface area contributed by atoms with E-state index in [9.17, 15) is 13.3 Å². The van der Waals surface area contributed by atoms with Gasteiger partial charge in [0.05, 0.1) is 0 Å². The molecule has 9 nitrogen and oxygen atoms in total. The van der Waals surface area contributed by atoms with Gasteiger partial charge in [-0.15, -0.1) is 4.41 Å². The summed E-state index contributed by atoms with van der Waals surface area (Å²) in [6.07, 6.45) is 4.08. The Morgan fingerprint density at radius 2 is 2.00 bits per heavy atom. The Hall–Kier alpha value is -0.845. The molecule has 0 aromatic heterocycles. The average Bonchev–Trinajstić information content (AvgIpc) is 2.87. The van der Waals surface area contributed by atoms with Crippen molar-refractivity contribution in [2.24, 2.45) is 11.1 Å². The van der Waals surface area contributed by atoms with Crippen LogP contribution in [0.25, 0.3) is 0 Å². The lowest BCUT2D eigenvalue weighted by Gasteiger charge is -2.30. The average molecular weight is 348 g/mol. The normalized spacial score (nSPS) is 23.3. The first kappa shape index (κ1) is 20.2. The summed E-state index contributed by atoms with van der Waals surface area (Å²) in [6.45, 7) is 2.26. The van der Waals surface area contributed by atoms with Crippen molar-refractivity contribution in [2.45, 2.75) is 25.7 Å². The van der Waals surface area contributed by atoms with Gasteiger partial charge < -0.3 is 10.0 Å². The fourth-order valence-corrected chi connectivity index (χ4v) is 4.27. The van der Waals surface area contributed by atoms with Crippen molar-refractivity contribution in [3.05, 3.63) is 17.1 Å². The number of rotatable bonds is 9. The van der Waals surface area contributed by atoms with E-state index in [4.69, 9.17) is 10.0 Å². The SMILES string of the molecule is CCN(N(C)C)S(=O)(=O)N1C[C@H](N=O)[C@@H](/C=C/CCB(O)O)C1. The lowest BCUT2D eigenvalue weighted by atomic mass is 9.84. The summed E-state index contributed by atoms with van der Waals surface area (Å²) in [4.78, 5) is 11.0. The topological polar surface area (TPSA) is 114 Å². The first-order valence-corrected chi connectivity index (χ1v) is 8.94. The second-order valence-corrected chi connectivity index (χ2v) is 7.47. The first-order valence-electron chi connectivity index (χ1n) is 7.54. The van der Waals surface area contributed by atoms with Crippen LogP contribution in [-0.2, 0) is 10.2 Å². The van der Waals surface area contributed by atoms with E-state index in [2.05, 4.69) is 5.18 Å². The van der Waals surface area contributed by atoms with E-state index in [1.54, 1.807) is 33.2 Å². The Balaban J connectivity index is 2.80. The fourth-order valence-electron chi connectivity index (χ4n) is 2.57. The van der Waals surface area contributed by atoms with Crippen molar-refractivity contribution in [1.82, 2.24) is 13.7 Å². The smallest absolute Gasteiger partial charge is 0.427 e. The van der Waals surface area contributed by atoms with E-state index in [1.807, 2.05) is 0 Å². The van der Waals surface area contributed by atoms with Gasteiger partial charge in [-0.05, 0) is 19.7 Å². The molecule has 0 radical (unpaired) electrons. The fraction of sp³-hybridized carbons (Fsp3) is 0.833. The predicted molar refractivity (Wildman–Crippen MR) is 88.4 cm³/mol. The number of allylic oxidation sites excluding steroid dienone is 1. The number of nitroso groups, excluding NO2 is 1. The van der Waals surface area contributed by atoms with Gasteiger partial charge in [0.25, 0.3) is 10.2 Å². The van der Waals surface area contributed by atoms with Gasteiger partial charge >= 0.3 is 7.12 Å². The van der Waals surface area contributed by atoms with Crippen LogP contribution in [0.4, 0.5) is 0 Å². The molecule has 2 N–H and O–H groups in total. The lowest BCUT2D eigenvalue weighted by Crippen LogP contribution is -2.49. The lowest BCUT2D eigenvalue weighted by molar-refractivity contribution is 0.123. The standard InChI is InChI=1S/C12H25BN4O5S/c1-4-17(15(2)3)23(21,22)16-9-11(12(10-16)14-20)7-5-6-8-13(18)19/h5,7,11-12,18-19H,4,6,8-10H2,1-3H3/b7-5+/t11-,12-/m0/s1. The van der Waals surface area contributed by atoms with Crippen LogP contribution in [0.2, 0.25) is 6.32 Å². The Kier molecular flexibility index (Phi) is 7.78. The van der Waals surface area contributed by atoms with Gasteiger partial charge in [0, 0.05) is 39.6 Å². The minimum atomic E-state index is -3.69. The van der Waals surface area contributed by atoms with Gasteiger partial charge in [0.2, 0.25) is 0 Å². The largest absolute Gasteiger partial charge is 0.451 e. The molecule has 0 amide bonds. The predicted octanol–water partition coefficient (Wildman–Crippen LogP) is -0.484. The molecule has 1 saturated heterocycles. The van der Waals surface area contributed by atoms with E-state index in [0.29, 0.717) is 13.0 Å². The zero-order chi connectivity index (χ0) is 17.6. The summed E-state index contributed by atoms with van der Waals surface area (Å²) in [5, 5.41) is 22.1. The molecule has 132 valence electrons. The molecule has 0 unspecified atom stereocenters. The Morgan fingerprint density at radius 3 is 2.48 bits per heavy atom. The van der Waals surface area contributed by atoms with Gasteiger partial charge in [0.1, 0.15) is 6.04 Å². The molecule has 0 bridgehead atoms. The molecule has 1 fully saturated rings. The molecule has 11 heteroatoms. The molecule has 1 aliphatic heterocycles. The van der Waals surface area contributed by atoms with E-state index in [-0.39, 0.29) is 25.3 Å². The van der Waals surface area contributed by atoms with E-state index in [0.717, 1.165) is 0 Å². The Morgan fingerprint density at radius 1 is 1.35 bits per heavy atom. The number of hydrogen-bond donors (Lipinski definition) is 2. The van der Waals surface area contributed by atoms with E-state index < -0.39 is 23.4 Å². The summed E-state index contributed by atoms with van der Waals surface area (Å²) in [5.74, 6) is -0.307. The maximum atomic E-state index is 12.6. The molecule has 2 atom stereocenters. The van der Waals surface area contributed by atoms with E-state index in [1.165, 1.54) is 13.7 Å². The van der Waals surface area contributed by atoms with Crippen LogP contribution in [0.3, 0.4) is 0 Å². The molecular formula is C12H25BN4O5S. The maximum absolute atomic E-state index is 12.6. The summed E-state index contributed by atoms with van der Waals surface area (Å²) in [7, 11) is -1.78. The van der Waals surface area contributed by atoms with Gasteiger partial charge in [0.15, 0.2) is 0 Å². The first-order chi connectivity index (χ1) is 10.7. The summed E-state index contributed by atoms with van der Waals surface area (Å²) >= 11 is 0. The number of hydrogen-bond acceptors (Lipinski definition) is 7. The minimum Gasteiger partial charge on any atom is -0.427 e. The van der Waals surface area contributed by atoms with Crippen LogP contribution in [0.1, 0.15) is 13.3 Å². The van der Waals surface area contributed by atoms with Crippen LogP contribution >= 0.6 is 0 Å².